The fourth-order valence-electron chi connectivity index (χ4n) is 5.54. The number of pyridine rings is 1. The first-order chi connectivity index (χ1) is 18.2. The van der Waals surface area contributed by atoms with Crippen molar-refractivity contribution < 1.29 is 14.0 Å². The van der Waals surface area contributed by atoms with Crippen molar-refractivity contribution in [2.24, 2.45) is 11.7 Å². The molecule has 198 valence electrons. The maximum absolute atomic E-state index is 15.0. The summed E-state index contributed by atoms with van der Waals surface area (Å²) >= 11 is 0. The van der Waals surface area contributed by atoms with Gasteiger partial charge in [-0.3, -0.25) is 14.6 Å². The maximum Gasteiger partial charge on any atom is 0.224 e. The molecule has 2 amide bonds. The molecule has 0 saturated heterocycles. The fourth-order valence-corrected chi connectivity index (χ4v) is 5.54. The smallest absolute Gasteiger partial charge is 0.224 e. The van der Waals surface area contributed by atoms with Gasteiger partial charge in [-0.25, -0.2) is 4.39 Å². The number of anilines is 1. The highest BCUT2D eigenvalue weighted by molar-refractivity contribution is 5.93. The van der Waals surface area contributed by atoms with E-state index in [1.54, 1.807) is 19.2 Å². The molecule has 2 aromatic carbocycles. The van der Waals surface area contributed by atoms with Gasteiger partial charge in [0.05, 0.1) is 17.6 Å². The number of nitrogens with two attached hydrogens (primary N) is 1. The van der Waals surface area contributed by atoms with E-state index >= 15 is 4.39 Å². The van der Waals surface area contributed by atoms with Gasteiger partial charge in [0.25, 0.3) is 0 Å². The van der Waals surface area contributed by atoms with Crippen molar-refractivity contribution in [3.05, 3.63) is 72.2 Å². The van der Waals surface area contributed by atoms with Gasteiger partial charge in [-0.1, -0.05) is 42.5 Å². The summed E-state index contributed by atoms with van der Waals surface area (Å²) in [6.07, 6.45) is 7.35. The molecule has 7 heteroatoms. The zero-order valence-corrected chi connectivity index (χ0v) is 22.0. The number of nitrogens with one attached hydrogen (secondary N) is 1. The highest BCUT2D eigenvalue weighted by atomic mass is 19.1. The number of rotatable bonds is 7. The lowest BCUT2D eigenvalue weighted by molar-refractivity contribution is -0.130. The van der Waals surface area contributed by atoms with Crippen molar-refractivity contribution in [2.45, 2.75) is 63.5 Å². The van der Waals surface area contributed by atoms with E-state index in [1.807, 2.05) is 54.4 Å². The Morgan fingerprint density at radius 2 is 1.76 bits per heavy atom. The van der Waals surface area contributed by atoms with Crippen LogP contribution in [-0.4, -0.2) is 34.8 Å². The molecule has 5 rings (SSSR count). The number of carbonyl (C=O) groups is 2. The Balaban J connectivity index is 1.32. The van der Waals surface area contributed by atoms with Crippen LogP contribution in [0.5, 0.6) is 0 Å². The van der Waals surface area contributed by atoms with Crippen LogP contribution in [-0.2, 0) is 15.1 Å². The third kappa shape index (κ3) is 5.63. The maximum atomic E-state index is 15.0. The number of halogens is 1. The number of hydrogen-bond donors (Lipinski definition) is 2. The molecule has 2 fully saturated rings. The Hall–Kier alpha value is -3.58. The molecule has 0 bridgehead atoms. The zero-order chi connectivity index (χ0) is 26.9. The van der Waals surface area contributed by atoms with Crippen molar-refractivity contribution >= 4 is 17.5 Å². The van der Waals surface area contributed by atoms with Gasteiger partial charge < -0.3 is 16.0 Å². The number of amides is 2. The minimum Gasteiger partial charge on any atom is -0.343 e. The van der Waals surface area contributed by atoms with E-state index in [1.165, 1.54) is 6.07 Å². The predicted molar refractivity (Wildman–Crippen MR) is 148 cm³/mol. The standard InChI is InChI=1S/C31H35FN4O2/c1-20(37)36(2)25-11-8-21(9-12-25)16-29(38)35-24-18-26(22-6-4-3-5-7-22)30(34-19-24)23-10-13-27(28(32)17-23)31(33)14-15-31/h3-7,10,13,17-19,21,25H,8-9,11-12,14-16,33H2,1-2H3,(H,35,38)/t21-,25-. The van der Waals surface area contributed by atoms with Crippen molar-refractivity contribution in [1.82, 2.24) is 9.88 Å². The van der Waals surface area contributed by atoms with E-state index in [0.717, 1.165) is 49.7 Å². The van der Waals surface area contributed by atoms with Crippen LogP contribution >= 0.6 is 0 Å². The Bertz CT molecular complexity index is 1330. The molecule has 0 unspecified atom stereocenters. The highest BCUT2D eigenvalue weighted by Gasteiger charge is 2.42. The summed E-state index contributed by atoms with van der Waals surface area (Å²) in [5, 5.41) is 3.02. The molecule has 0 atom stereocenters. The average Bonchev–Trinajstić information content (AvgIpc) is 3.66. The van der Waals surface area contributed by atoms with Crippen molar-refractivity contribution in [1.29, 1.82) is 0 Å². The molecule has 2 aliphatic carbocycles. The molecule has 2 aliphatic rings. The minimum atomic E-state index is -0.547. The largest absolute Gasteiger partial charge is 0.343 e. The lowest BCUT2D eigenvalue weighted by Crippen LogP contribution is -2.38. The van der Waals surface area contributed by atoms with Gasteiger partial charge in [-0.15, -0.1) is 0 Å². The summed E-state index contributed by atoms with van der Waals surface area (Å²) < 4.78 is 15.0. The lowest BCUT2D eigenvalue weighted by atomic mass is 9.83. The summed E-state index contributed by atoms with van der Waals surface area (Å²) in [6, 6.07) is 17.1. The summed E-state index contributed by atoms with van der Waals surface area (Å²) in [4.78, 5) is 31.1. The van der Waals surface area contributed by atoms with Gasteiger partial charge in [0, 0.05) is 48.7 Å². The van der Waals surface area contributed by atoms with Crippen LogP contribution in [0.4, 0.5) is 10.1 Å². The topological polar surface area (TPSA) is 88.3 Å². The summed E-state index contributed by atoms with van der Waals surface area (Å²) in [7, 11) is 1.85. The number of aromatic nitrogens is 1. The second kappa shape index (κ2) is 10.7. The number of hydrogen-bond acceptors (Lipinski definition) is 4. The number of nitrogens with zero attached hydrogens (tertiary/aromatic N) is 2. The molecule has 0 spiro atoms. The summed E-state index contributed by atoms with van der Waals surface area (Å²) in [6.45, 7) is 1.59. The van der Waals surface area contributed by atoms with Gasteiger partial charge in [0.15, 0.2) is 0 Å². The van der Waals surface area contributed by atoms with Gasteiger partial charge in [0.2, 0.25) is 11.8 Å². The zero-order valence-electron chi connectivity index (χ0n) is 22.0. The molecular formula is C31H35FN4O2. The Morgan fingerprint density at radius 3 is 2.39 bits per heavy atom. The third-order valence-electron chi connectivity index (χ3n) is 8.16. The molecule has 3 aromatic rings. The van der Waals surface area contributed by atoms with Gasteiger partial charge in [0.1, 0.15) is 5.82 Å². The molecule has 0 aliphatic heterocycles. The van der Waals surface area contributed by atoms with E-state index < -0.39 is 5.54 Å². The molecule has 1 aromatic heterocycles. The first kappa shape index (κ1) is 26.0. The molecule has 6 nitrogen and oxygen atoms in total. The van der Waals surface area contributed by atoms with E-state index in [4.69, 9.17) is 5.73 Å². The first-order valence-electron chi connectivity index (χ1n) is 13.4. The molecule has 38 heavy (non-hydrogen) atoms. The molecule has 2 saturated carbocycles. The van der Waals surface area contributed by atoms with Crippen LogP contribution in [0.15, 0.2) is 60.8 Å². The van der Waals surface area contributed by atoms with Crippen LogP contribution < -0.4 is 11.1 Å². The molecule has 1 heterocycles. The SMILES string of the molecule is CC(=O)N(C)[C@H]1CC[C@H](CC(=O)Nc2cnc(-c3ccc(C4(N)CC4)c(F)c3)c(-c3ccccc3)c2)CC1. The number of benzene rings is 2. The molecular weight excluding hydrogens is 479 g/mol. The second-order valence-electron chi connectivity index (χ2n) is 10.9. The molecule has 3 N–H and O–H groups in total. The summed E-state index contributed by atoms with van der Waals surface area (Å²) in [5.41, 5.74) is 9.91. The van der Waals surface area contributed by atoms with Crippen LogP contribution in [0.2, 0.25) is 0 Å². The van der Waals surface area contributed by atoms with Crippen LogP contribution in [0.1, 0.15) is 57.4 Å². The fraction of sp³-hybridized carbons (Fsp3) is 0.387. The van der Waals surface area contributed by atoms with Crippen molar-refractivity contribution in [3.63, 3.8) is 0 Å². The van der Waals surface area contributed by atoms with Gasteiger partial charge in [-0.2, -0.15) is 0 Å². The van der Waals surface area contributed by atoms with Crippen molar-refractivity contribution in [2.75, 3.05) is 12.4 Å². The highest BCUT2D eigenvalue weighted by Crippen LogP contribution is 2.44. The van der Waals surface area contributed by atoms with E-state index in [-0.39, 0.29) is 23.7 Å². The van der Waals surface area contributed by atoms with Crippen LogP contribution in [0, 0.1) is 11.7 Å². The monoisotopic (exact) mass is 514 g/mol. The number of carbonyl (C=O) groups excluding carboxylic acids is 2. The van der Waals surface area contributed by atoms with E-state index in [2.05, 4.69) is 10.3 Å². The van der Waals surface area contributed by atoms with Crippen molar-refractivity contribution in [3.8, 4) is 22.4 Å². The van der Waals surface area contributed by atoms with Crippen LogP contribution in [0.25, 0.3) is 22.4 Å². The van der Waals surface area contributed by atoms with E-state index in [9.17, 15) is 9.59 Å². The van der Waals surface area contributed by atoms with Crippen LogP contribution in [0.3, 0.4) is 0 Å². The second-order valence-corrected chi connectivity index (χ2v) is 10.9. The lowest BCUT2D eigenvalue weighted by Gasteiger charge is -2.34. The Labute approximate surface area is 223 Å². The minimum absolute atomic E-state index is 0.0463. The average molecular weight is 515 g/mol. The normalized spacial score (nSPS) is 20.0. The van der Waals surface area contributed by atoms with E-state index in [0.29, 0.717) is 34.8 Å². The van der Waals surface area contributed by atoms with Gasteiger partial charge >= 0.3 is 0 Å². The quantitative estimate of drug-likeness (QED) is 0.413. The van der Waals surface area contributed by atoms with Gasteiger partial charge in [-0.05, 0) is 62.1 Å². The Kier molecular flexibility index (Phi) is 7.30. The molecule has 0 radical (unpaired) electrons. The third-order valence-corrected chi connectivity index (χ3v) is 8.16. The predicted octanol–water partition coefficient (Wildman–Crippen LogP) is 5.87. The first-order valence-corrected chi connectivity index (χ1v) is 13.4. The Morgan fingerprint density at radius 1 is 1.05 bits per heavy atom. The summed E-state index contributed by atoms with van der Waals surface area (Å²) in [5.74, 6) is 0.0207.